The zero-order chi connectivity index (χ0) is 29.0. The van der Waals surface area contributed by atoms with Gasteiger partial charge in [-0.3, -0.25) is 9.59 Å². The Labute approximate surface area is 228 Å². The van der Waals surface area contributed by atoms with Gasteiger partial charge in [0.15, 0.2) is 44.5 Å². The summed E-state index contributed by atoms with van der Waals surface area (Å²) >= 11 is 13.4. The maximum absolute atomic E-state index is 14.7. The number of nitrogens with zero attached hydrogens (tertiary/aromatic N) is 1. The summed E-state index contributed by atoms with van der Waals surface area (Å²) in [5.41, 5.74) is -1.13. The van der Waals surface area contributed by atoms with E-state index in [0.29, 0.717) is 5.56 Å². The maximum atomic E-state index is 14.7. The fourth-order valence-electron chi connectivity index (χ4n) is 4.65. The third kappa shape index (κ3) is 3.89. The van der Waals surface area contributed by atoms with Gasteiger partial charge in [-0.15, -0.1) is 23.2 Å². The molecule has 2 aliphatic rings. The quantitative estimate of drug-likeness (QED) is 0.152. The highest BCUT2D eigenvalue weighted by molar-refractivity contribution is 6.58. The van der Waals surface area contributed by atoms with Crippen LogP contribution in [0, 0.1) is 35.0 Å². The van der Waals surface area contributed by atoms with E-state index in [9.17, 15) is 36.6 Å². The Kier molecular flexibility index (Phi) is 7.20. The highest BCUT2D eigenvalue weighted by Gasteiger charge is 2.73. The van der Waals surface area contributed by atoms with E-state index in [2.05, 4.69) is 6.58 Å². The second-order valence-electron chi connectivity index (χ2n) is 8.60. The molecule has 1 aliphatic heterocycles. The van der Waals surface area contributed by atoms with Crippen molar-refractivity contribution in [3.63, 3.8) is 0 Å². The van der Waals surface area contributed by atoms with E-state index in [1.54, 1.807) is 0 Å². The predicted octanol–water partition coefficient (Wildman–Crippen LogP) is 5.78. The highest BCUT2D eigenvalue weighted by Crippen LogP contribution is 2.57. The summed E-state index contributed by atoms with van der Waals surface area (Å²) in [7, 11) is 2.60. The maximum Gasteiger partial charge on any atom is 0.258 e. The number of alkyl halides is 2. The average molecular weight is 590 g/mol. The zero-order valence-electron chi connectivity index (χ0n) is 20.1. The number of carbonyl (C=O) groups is 2. The summed E-state index contributed by atoms with van der Waals surface area (Å²) in [5.74, 6) is -16.5. The van der Waals surface area contributed by atoms with Crippen molar-refractivity contribution in [2.45, 2.75) is 16.2 Å². The van der Waals surface area contributed by atoms with Gasteiger partial charge in [-0.1, -0.05) is 30.9 Å². The number of anilines is 1. The number of hydrogen-bond acceptors (Lipinski definition) is 5. The van der Waals surface area contributed by atoms with Gasteiger partial charge in [-0.25, -0.2) is 26.9 Å². The third-order valence-corrected chi connectivity index (χ3v) is 8.10. The molecule has 206 valence electrons. The molecule has 1 heterocycles. The number of allylic oxidation sites excluding steroid dienone is 4. The molecule has 13 heteroatoms. The molecule has 1 saturated heterocycles. The van der Waals surface area contributed by atoms with Crippen molar-refractivity contribution in [3.8, 4) is 17.2 Å². The Morgan fingerprint density at radius 1 is 0.974 bits per heavy atom. The van der Waals surface area contributed by atoms with Gasteiger partial charge in [-0.2, -0.15) is 0 Å². The Morgan fingerprint density at radius 3 is 1.97 bits per heavy atom. The SMILES string of the molecule is C=CC1=CC[C@@]2(Cl)C(=O)N(c3c(F)c(F)c(F)c(F)c3F)C(=O)[C@@]2(Cl)[C@H]1C=Cc1cc(OC)c(O)c(OC)c1. The van der Waals surface area contributed by atoms with E-state index in [1.807, 2.05) is 0 Å². The van der Waals surface area contributed by atoms with Crippen LogP contribution in [0.3, 0.4) is 0 Å². The minimum absolute atomic E-state index is 0.0361. The minimum Gasteiger partial charge on any atom is -0.502 e. The zero-order valence-corrected chi connectivity index (χ0v) is 21.6. The summed E-state index contributed by atoms with van der Waals surface area (Å²) in [6.45, 7) is 3.66. The number of aromatic hydroxyl groups is 1. The third-order valence-electron chi connectivity index (χ3n) is 6.67. The normalized spacial score (nSPS) is 24.7. The minimum atomic E-state index is -2.48. The van der Waals surface area contributed by atoms with E-state index in [-0.39, 0.29) is 27.7 Å². The van der Waals surface area contributed by atoms with Crippen LogP contribution in [0.5, 0.6) is 17.2 Å². The number of rotatable bonds is 6. The summed E-state index contributed by atoms with van der Waals surface area (Å²) in [6.07, 6.45) is 5.06. The lowest BCUT2D eigenvalue weighted by molar-refractivity contribution is -0.122. The number of phenolic OH excluding ortho intramolecular Hbond substituents is 1. The van der Waals surface area contributed by atoms with Gasteiger partial charge in [-0.05, 0) is 29.7 Å². The van der Waals surface area contributed by atoms with Crippen molar-refractivity contribution in [3.05, 3.63) is 77.2 Å². The lowest BCUT2D eigenvalue weighted by atomic mass is 9.71. The van der Waals surface area contributed by atoms with E-state index in [4.69, 9.17) is 32.7 Å². The van der Waals surface area contributed by atoms with Crippen molar-refractivity contribution in [1.82, 2.24) is 0 Å². The van der Waals surface area contributed by atoms with Gasteiger partial charge < -0.3 is 14.6 Å². The molecule has 2 amide bonds. The molecule has 2 aromatic rings. The van der Waals surface area contributed by atoms with Crippen LogP contribution < -0.4 is 14.4 Å². The Morgan fingerprint density at radius 2 is 1.49 bits per heavy atom. The van der Waals surface area contributed by atoms with Crippen LogP contribution in [0.4, 0.5) is 27.6 Å². The average Bonchev–Trinajstić information content (AvgIpc) is 3.07. The molecular formula is C26H18Cl2F5NO5. The van der Waals surface area contributed by atoms with Gasteiger partial charge in [0.05, 0.1) is 14.2 Å². The van der Waals surface area contributed by atoms with E-state index in [1.165, 1.54) is 50.7 Å². The van der Waals surface area contributed by atoms with Crippen molar-refractivity contribution in [2.75, 3.05) is 19.1 Å². The Balaban J connectivity index is 1.89. The van der Waals surface area contributed by atoms with Crippen LogP contribution in [0.25, 0.3) is 6.08 Å². The fourth-order valence-corrected chi connectivity index (χ4v) is 5.45. The topological polar surface area (TPSA) is 76.1 Å². The van der Waals surface area contributed by atoms with Crippen LogP contribution in [-0.2, 0) is 9.59 Å². The second-order valence-corrected chi connectivity index (χ2v) is 9.84. The first-order valence-electron chi connectivity index (χ1n) is 11.0. The number of methoxy groups -OCH3 is 2. The smallest absolute Gasteiger partial charge is 0.258 e. The second kappa shape index (κ2) is 9.87. The van der Waals surface area contributed by atoms with Crippen LogP contribution in [0.15, 0.2) is 42.5 Å². The molecule has 0 radical (unpaired) electrons. The van der Waals surface area contributed by atoms with Crippen molar-refractivity contribution in [2.24, 2.45) is 5.92 Å². The number of phenols is 1. The van der Waals surface area contributed by atoms with Crippen LogP contribution in [0.2, 0.25) is 0 Å². The molecule has 39 heavy (non-hydrogen) atoms. The summed E-state index contributed by atoms with van der Waals surface area (Å²) < 4.78 is 81.2. The Hall–Kier alpha value is -3.57. The molecule has 2 aromatic carbocycles. The monoisotopic (exact) mass is 589 g/mol. The number of hydrogen-bond donors (Lipinski definition) is 1. The molecule has 3 atom stereocenters. The van der Waals surface area contributed by atoms with Gasteiger partial charge >= 0.3 is 0 Å². The summed E-state index contributed by atoms with van der Waals surface area (Å²) in [5, 5.41) is 10.1. The van der Waals surface area contributed by atoms with Gasteiger partial charge in [0.2, 0.25) is 11.6 Å². The lowest BCUT2D eigenvalue weighted by Gasteiger charge is -2.40. The van der Waals surface area contributed by atoms with E-state index in [0.717, 1.165) is 0 Å². The molecule has 0 saturated carbocycles. The number of benzene rings is 2. The molecule has 0 aromatic heterocycles. The van der Waals surface area contributed by atoms with E-state index < -0.39 is 68.7 Å². The number of carbonyl (C=O) groups excluding carboxylic acids is 2. The largest absolute Gasteiger partial charge is 0.502 e. The number of imide groups is 1. The van der Waals surface area contributed by atoms with Crippen molar-refractivity contribution >= 4 is 46.8 Å². The van der Waals surface area contributed by atoms with Gasteiger partial charge in [0, 0.05) is 5.92 Å². The highest BCUT2D eigenvalue weighted by atomic mass is 35.5. The molecule has 0 spiro atoms. The first-order valence-corrected chi connectivity index (χ1v) is 11.8. The number of amides is 2. The summed E-state index contributed by atoms with van der Waals surface area (Å²) in [6, 6.07) is 2.82. The number of ether oxygens (including phenoxy) is 2. The van der Waals surface area contributed by atoms with Crippen molar-refractivity contribution < 1.29 is 46.1 Å². The lowest BCUT2D eigenvalue weighted by Crippen LogP contribution is -2.55. The predicted molar refractivity (Wildman–Crippen MR) is 133 cm³/mol. The fraction of sp³-hybridized carbons (Fsp3) is 0.231. The molecule has 1 N–H and O–H groups in total. The summed E-state index contributed by atoms with van der Waals surface area (Å²) in [4.78, 5) is 22.0. The molecule has 0 unspecified atom stereocenters. The van der Waals surface area contributed by atoms with Gasteiger partial charge in [0.25, 0.3) is 11.8 Å². The van der Waals surface area contributed by atoms with Crippen LogP contribution in [0.1, 0.15) is 12.0 Å². The number of halogens is 7. The number of fused-ring (bicyclic) bond motifs is 1. The molecular weight excluding hydrogens is 572 g/mol. The molecule has 1 fully saturated rings. The van der Waals surface area contributed by atoms with Crippen molar-refractivity contribution in [1.29, 1.82) is 0 Å². The first-order chi connectivity index (χ1) is 18.3. The van der Waals surface area contributed by atoms with Gasteiger partial charge in [0.1, 0.15) is 5.69 Å². The van der Waals surface area contributed by atoms with Crippen LogP contribution in [-0.4, -0.2) is 40.9 Å². The molecule has 1 aliphatic carbocycles. The van der Waals surface area contributed by atoms with E-state index >= 15 is 0 Å². The Bertz CT molecular complexity index is 1440. The standard InChI is InChI=1S/C26H18Cl2F5NO5/c1-4-12-7-8-25(27)23(36)34(21-19(32)17(30)16(29)18(31)20(21)33)24(37)26(25,28)13(12)6-5-11-9-14(38-2)22(35)15(10-11)39-3/h4-7,9-10,13,35H,1,8H2,2-3H3/t13-,25+,26-/m0/s1. The molecule has 0 bridgehead atoms. The van der Waals surface area contributed by atoms with Crippen LogP contribution >= 0.6 is 23.2 Å². The molecule has 4 rings (SSSR count). The molecule has 6 nitrogen and oxygen atoms in total. The first kappa shape index (κ1) is 28.4.